The Morgan fingerprint density at radius 2 is 2.09 bits per heavy atom. The second kappa shape index (κ2) is 2.03. The normalized spacial score (nSPS) is 35.9. The summed E-state index contributed by atoms with van der Waals surface area (Å²) in [5.41, 5.74) is 1.16. The number of hydrogen-bond donors (Lipinski definition) is 0. The second-order valence-corrected chi connectivity index (χ2v) is 4.48. The maximum absolute atomic E-state index is 11.3. The van der Waals surface area contributed by atoms with E-state index >= 15 is 0 Å². The number of rotatable bonds is 0. The summed E-state index contributed by atoms with van der Waals surface area (Å²) in [4.78, 5) is 14.5. The third kappa shape index (κ3) is 0.719. The van der Waals surface area contributed by atoms with Gasteiger partial charge < -0.3 is 4.90 Å². The van der Waals surface area contributed by atoms with Gasteiger partial charge in [0.2, 0.25) is 5.91 Å². The van der Waals surface area contributed by atoms with Crippen LogP contribution in [0.2, 0.25) is 0 Å². The summed E-state index contributed by atoms with van der Waals surface area (Å²) in [5, 5.41) is 0.419. The Labute approximate surface area is 70.6 Å². The lowest BCUT2D eigenvalue weighted by atomic mass is 10.0. The summed E-state index contributed by atoms with van der Waals surface area (Å²) in [6, 6.07) is 0. The van der Waals surface area contributed by atoms with Crippen molar-refractivity contribution in [2.45, 2.75) is 26.1 Å². The third-order valence-corrected chi connectivity index (χ3v) is 3.99. The van der Waals surface area contributed by atoms with Crippen molar-refractivity contribution in [1.29, 1.82) is 0 Å². The smallest absolute Gasteiger partial charge is 0.233 e. The van der Waals surface area contributed by atoms with Gasteiger partial charge in [0.25, 0.3) is 0 Å². The molecule has 2 aliphatic heterocycles. The number of nitrogens with zero attached hydrogens (tertiary/aromatic N) is 1. The van der Waals surface area contributed by atoms with Crippen LogP contribution in [0, 0.1) is 5.92 Å². The maximum Gasteiger partial charge on any atom is 0.233 e. The molecule has 0 bridgehead atoms. The lowest BCUT2D eigenvalue weighted by molar-refractivity contribution is -0.145. The number of allylic oxidation sites excluding steroid dienone is 2. The highest BCUT2D eigenvalue weighted by Gasteiger charge is 2.49. The van der Waals surface area contributed by atoms with E-state index in [-0.39, 0.29) is 11.8 Å². The Hall–Kier alpha value is -0.440. The first-order valence-corrected chi connectivity index (χ1v) is 4.68. The number of carbonyl (C=O) groups is 1. The quantitative estimate of drug-likeness (QED) is 0.515. The van der Waals surface area contributed by atoms with Gasteiger partial charge >= 0.3 is 0 Å². The largest absolute Gasteiger partial charge is 0.302 e. The van der Waals surface area contributed by atoms with Gasteiger partial charge in [0.05, 0.1) is 11.3 Å². The van der Waals surface area contributed by atoms with Gasteiger partial charge in [-0.2, -0.15) is 0 Å². The highest BCUT2D eigenvalue weighted by molar-refractivity contribution is 8.04. The van der Waals surface area contributed by atoms with Crippen LogP contribution in [0.1, 0.15) is 20.8 Å². The lowest BCUT2D eigenvalue weighted by Crippen LogP contribution is -2.54. The van der Waals surface area contributed by atoms with Crippen LogP contribution >= 0.6 is 11.8 Å². The van der Waals surface area contributed by atoms with E-state index in [9.17, 15) is 4.79 Å². The number of amides is 1. The minimum atomic E-state index is 0.229. The molecular weight excluding hydrogens is 158 g/mol. The molecule has 2 unspecified atom stereocenters. The van der Waals surface area contributed by atoms with E-state index in [4.69, 9.17) is 0 Å². The molecule has 0 spiro atoms. The zero-order chi connectivity index (χ0) is 8.17. The SMILES string of the molecule is CC1=C(C)N2C(=O)C(C)C2S1. The van der Waals surface area contributed by atoms with Gasteiger partial charge in [-0.1, -0.05) is 6.92 Å². The van der Waals surface area contributed by atoms with Crippen molar-refractivity contribution in [3.8, 4) is 0 Å². The van der Waals surface area contributed by atoms with E-state index in [0.717, 1.165) is 5.70 Å². The molecule has 0 aliphatic carbocycles. The Morgan fingerprint density at radius 3 is 2.64 bits per heavy atom. The van der Waals surface area contributed by atoms with Crippen molar-refractivity contribution in [2.24, 2.45) is 5.92 Å². The monoisotopic (exact) mass is 169 g/mol. The molecular formula is C8H11NOS. The molecule has 2 atom stereocenters. The van der Waals surface area contributed by atoms with E-state index < -0.39 is 0 Å². The molecule has 11 heavy (non-hydrogen) atoms. The van der Waals surface area contributed by atoms with Crippen molar-refractivity contribution >= 4 is 17.7 Å². The van der Waals surface area contributed by atoms with Crippen molar-refractivity contribution in [1.82, 2.24) is 4.90 Å². The van der Waals surface area contributed by atoms with Gasteiger partial charge in [0.15, 0.2) is 0 Å². The van der Waals surface area contributed by atoms with Crippen molar-refractivity contribution in [3.63, 3.8) is 0 Å². The molecule has 0 radical (unpaired) electrons. The Kier molecular flexibility index (Phi) is 1.34. The molecule has 0 N–H and O–H groups in total. The van der Waals surface area contributed by atoms with Crippen molar-refractivity contribution in [3.05, 3.63) is 10.6 Å². The number of fused-ring (bicyclic) bond motifs is 1. The molecule has 0 saturated carbocycles. The van der Waals surface area contributed by atoms with Crippen LogP contribution in [-0.4, -0.2) is 16.2 Å². The van der Waals surface area contributed by atoms with Crippen molar-refractivity contribution < 1.29 is 4.79 Å². The lowest BCUT2D eigenvalue weighted by Gasteiger charge is -2.40. The summed E-state index contributed by atoms with van der Waals surface area (Å²) in [6.45, 7) is 6.10. The summed E-state index contributed by atoms with van der Waals surface area (Å²) < 4.78 is 0. The summed E-state index contributed by atoms with van der Waals surface area (Å²) >= 11 is 1.82. The first-order chi connectivity index (χ1) is 5.13. The fourth-order valence-corrected chi connectivity index (χ4v) is 2.87. The molecule has 1 amide bonds. The number of hydrogen-bond acceptors (Lipinski definition) is 2. The third-order valence-electron chi connectivity index (χ3n) is 2.48. The van der Waals surface area contributed by atoms with Gasteiger partial charge in [-0.25, -0.2) is 0 Å². The molecule has 1 fully saturated rings. The molecule has 0 aromatic carbocycles. The highest BCUT2D eigenvalue weighted by atomic mass is 32.2. The van der Waals surface area contributed by atoms with Crippen LogP contribution < -0.4 is 0 Å². The molecule has 0 aromatic heterocycles. The van der Waals surface area contributed by atoms with E-state index in [1.54, 1.807) is 0 Å². The first kappa shape index (κ1) is 7.22. The Balaban J connectivity index is 2.28. The van der Waals surface area contributed by atoms with E-state index in [1.165, 1.54) is 4.91 Å². The fourth-order valence-electron chi connectivity index (χ4n) is 1.56. The number of thioether (sulfide) groups is 1. The number of carbonyl (C=O) groups excluding carboxylic acids is 1. The highest BCUT2D eigenvalue weighted by Crippen LogP contribution is 2.48. The average molecular weight is 169 g/mol. The van der Waals surface area contributed by atoms with Gasteiger partial charge in [0.1, 0.15) is 0 Å². The molecule has 2 nitrogen and oxygen atoms in total. The fraction of sp³-hybridized carbons (Fsp3) is 0.625. The average Bonchev–Trinajstić information content (AvgIpc) is 2.26. The molecule has 0 aromatic rings. The molecule has 1 saturated heterocycles. The van der Waals surface area contributed by atoms with Gasteiger partial charge in [-0.05, 0) is 13.8 Å². The molecule has 2 heterocycles. The second-order valence-electron chi connectivity index (χ2n) is 3.15. The maximum atomic E-state index is 11.3. The van der Waals surface area contributed by atoms with Crippen LogP contribution in [0.25, 0.3) is 0 Å². The predicted octanol–water partition coefficient (Wildman–Crippen LogP) is 1.79. The minimum absolute atomic E-state index is 0.229. The summed E-state index contributed by atoms with van der Waals surface area (Å²) in [7, 11) is 0. The van der Waals surface area contributed by atoms with Crippen LogP contribution in [0.3, 0.4) is 0 Å². The topological polar surface area (TPSA) is 20.3 Å². The van der Waals surface area contributed by atoms with Crippen LogP contribution in [-0.2, 0) is 4.79 Å². The summed E-state index contributed by atoms with van der Waals surface area (Å²) in [6.07, 6.45) is 0. The molecule has 2 rings (SSSR count). The van der Waals surface area contributed by atoms with Gasteiger partial charge in [-0.15, -0.1) is 11.8 Å². The first-order valence-electron chi connectivity index (χ1n) is 3.80. The van der Waals surface area contributed by atoms with E-state index in [1.807, 2.05) is 30.5 Å². The standard InChI is InChI=1S/C8H11NOS/c1-4-7(10)9-5(2)6(3)11-8(4)9/h4,8H,1-3H3. The Morgan fingerprint density at radius 1 is 1.45 bits per heavy atom. The van der Waals surface area contributed by atoms with Crippen LogP contribution in [0.15, 0.2) is 10.6 Å². The van der Waals surface area contributed by atoms with E-state index in [0.29, 0.717) is 5.37 Å². The predicted molar refractivity (Wildman–Crippen MR) is 45.8 cm³/mol. The zero-order valence-electron chi connectivity index (χ0n) is 6.92. The minimum Gasteiger partial charge on any atom is -0.302 e. The van der Waals surface area contributed by atoms with Crippen molar-refractivity contribution in [2.75, 3.05) is 0 Å². The van der Waals surface area contributed by atoms with Crippen LogP contribution in [0.4, 0.5) is 0 Å². The molecule has 60 valence electrons. The van der Waals surface area contributed by atoms with Crippen LogP contribution in [0.5, 0.6) is 0 Å². The van der Waals surface area contributed by atoms with E-state index in [2.05, 4.69) is 6.92 Å². The molecule has 2 aliphatic rings. The van der Waals surface area contributed by atoms with Gasteiger partial charge in [0, 0.05) is 10.6 Å². The Bertz CT molecular complexity index is 259. The molecule has 3 heteroatoms. The van der Waals surface area contributed by atoms with Gasteiger partial charge in [-0.3, -0.25) is 4.79 Å². The summed E-state index contributed by atoms with van der Waals surface area (Å²) in [5.74, 6) is 0.518. The number of β-lactam (4-membered cyclic amide) rings is 1. The zero-order valence-corrected chi connectivity index (χ0v) is 7.73.